The van der Waals surface area contributed by atoms with E-state index in [0.717, 1.165) is 25.7 Å². The van der Waals surface area contributed by atoms with Crippen LogP contribution in [0, 0.1) is 11.7 Å². The van der Waals surface area contributed by atoms with E-state index in [0.29, 0.717) is 17.9 Å². The van der Waals surface area contributed by atoms with Crippen molar-refractivity contribution in [3.63, 3.8) is 0 Å². The summed E-state index contributed by atoms with van der Waals surface area (Å²) >= 11 is 0. The van der Waals surface area contributed by atoms with Gasteiger partial charge in [0.05, 0.1) is 17.5 Å². The van der Waals surface area contributed by atoms with Crippen LogP contribution in [-0.2, 0) is 0 Å². The zero-order chi connectivity index (χ0) is 17.8. The van der Waals surface area contributed by atoms with Gasteiger partial charge in [0.25, 0.3) is 0 Å². The Bertz CT molecular complexity index is 720. The summed E-state index contributed by atoms with van der Waals surface area (Å²) in [5.74, 6) is -0.348. The first kappa shape index (κ1) is 17.4. The molecule has 3 rings (SSSR count). The number of aliphatic hydroxyl groups excluding tert-OH is 1. The molecule has 2 amide bonds. The Morgan fingerprint density at radius 1 is 1.44 bits per heavy atom. The highest BCUT2D eigenvalue weighted by atomic mass is 19.1. The van der Waals surface area contributed by atoms with Crippen LogP contribution in [0.1, 0.15) is 25.7 Å². The molecule has 6 nitrogen and oxygen atoms in total. The van der Waals surface area contributed by atoms with E-state index < -0.39 is 5.82 Å². The number of anilines is 1. The number of carbonyl (C=O) groups excluding carboxylic acids is 1. The first-order valence-electron chi connectivity index (χ1n) is 8.54. The average molecular weight is 346 g/mol. The number of urea groups is 1. The van der Waals surface area contributed by atoms with Crippen molar-refractivity contribution in [2.75, 3.05) is 18.9 Å². The van der Waals surface area contributed by atoms with E-state index in [-0.39, 0.29) is 18.1 Å². The van der Waals surface area contributed by atoms with Gasteiger partial charge in [-0.25, -0.2) is 13.9 Å². The van der Waals surface area contributed by atoms with Crippen LogP contribution >= 0.6 is 0 Å². The fraction of sp³-hybridized carbons (Fsp3) is 0.444. The molecule has 1 heterocycles. The van der Waals surface area contributed by atoms with E-state index in [4.69, 9.17) is 0 Å². The van der Waals surface area contributed by atoms with Gasteiger partial charge in [-0.1, -0.05) is 12.8 Å². The zero-order valence-electron chi connectivity index (χ0n) is 14.2. The summed E-state index contributed by atoms with van der Waals surface area (Å²) in [5, 5.41) is 17.0. The van der Waals surface area contributed by atoms with Gasteiger partial charge in [-0.3, -0.25) is 0 Å². The van der Waals surface area contributed by atoms with Gasteiger partial charge in [0.1, 0.15) is 5.82 Å². The number of nitrogens with zero attached hydrogens (tertiary/aromatic N) is 3. The van der Waals surface area contributed by atoms with Crippen LogP contribution in [0.4, 0.5) is 14.9 Å². The molecule has 25 heavy (non-hydrogen) atoms. The molecule has 1 aromatic carbocycles. The van der Waals surface area contributed by atoms with Gasteiger partial charge in [0.15, 0.2) is 0 Å². The number of nitrogens with one attached hydrogen (secondary N) is 1. The molecule has 1 saturated carbocycles. The Morgan fingerprint density at radius 3 is 2.96 bits per heavy atom. The van der Waals surface area contributed by atoms with E-state index in [1.165, 1.54) is 17.0 Å². The summed E-state index contributed by atoms with van der Waals surface area (Å²) in [4.78, 5) is 14.0. The molecule has 1 aromatic heterocycles. The minimum Gasteiger partial charge on any atom is -0.393 e. The maximum absolute atomic E-state index is 13.6. The number of aromatic nitrogens is 2. The maximum Gasteiger partial charge on any atom is 0.321 e. The first-order valence-corrected chi connectivity index (χ1v) is 8.54. The van der Waals surface area contributed by atoms with Crippen molar-refractivity contribution in [3.05, 3.63) is 42.5 Å². The van der Waals surface area contributed by atoms with E-state index in [1.54, 1.807) is 36.3 Å². The molecule has 0 aliphatic heterocycles. The van der Waals surface area contributed by atoms with Crippen LogP contribution in [0.25, 0.3) is 5.69 Å². The highest BCUT2D eigenvalue weighted by Gasteiger charge is 2.26. The smallest absolute Gasteiger partial charge is 0.321 e. The summed E-state index contributed by atoms with van der Waals surface area (Å²) in [6.45, 7) is 0.472. The monoisotopic (exact) mass is 346 g/mol. The van der Waals surface area contributed by atoms with Crippen molar-refractivity contribution in [2.45, 2.75) is 31.8 Å². The third kappa shape index (κ3) is 4.17. The minimum absolute atomic E-state index is 0.0857. The van der Waals surface area contributed by atoms with Gasteiger partial charge in [-0.05, 0) is 37.1 Å². The van der Waals surface area contributed by atoms with Gasteiger partial charge in [-0.2, -0.15) is 5.10 Å². The second-order valence-electron chi connectivity index (χ2n) is 6.53. The van der Waals surface area contributed by atoms with Gasteiger partial charge >= 0.3 is 6.03 Å². The Balaban J connectivity index is 1.71. The van der Waals surface area contributed by atoms with Crippen molar-refractivity contribution in [1.82, 2.24) is 14.7 Å². The summed E-state index contributed by atoms with van der Waals surface area (Å²) in [7, 11) is 1.68. The molecule has 1 aliphatic carbocycles. The Hall–Kier alpha value is -2.41. The Labute approximate surface area is 146 Å². The predicted molar refractivity (Wildman–Crippen MR) is 93.1 cm³/mol. The van der Waals surface area contributed by atoms with Gasteiger partial charge in [0, 0.05) is 31.9 Å². The quantitative estimate of drug-likeness (QED) is 0.894. The number of aliphatic hydroxyl groups is 1. The maximum atomic E-state index is 13.6. The second kappa shape index (κ2) is 7.65. The van der Waals surface area contributed by atoms with Gasteiger partial charge in [-0.15, -0.1) is 0 Å². The minimum atomic E-state index is -0.434. The van der Waals surface area contributed by atoms with Crippen LogP contribution in [0.2, 0.25) is 0 Å². The number of benzene rings is 1. The third-order valence-corrected chi connectivity index (χ3v) is 4.68. The fourth-order valence-electron chi connectivity index (χ4n) is 3.27. The van der Waals surface area contributed by atoms with E-state index in [1.807, 2.05) is 0 Å². The topological polar surface area (TPSA) is 70.4 Å². The molecule has 0 saturated heterocycles. The molecule has 0 radical (unpaired) electrons. The van der Waals surface area contributed by atoms with Crippen LogP contribution < -0.4 is 5.32 Å². The number of rotatable bonds is 4. The van der Waals surface area contributed by atoms with E-state index in [9.17, 15) is 14.3 Å². The largest absolute Gasteiger partial charge is 0.393 e. The van der Waals surface area contributed by atoms with Crippen LogP contribution in [0.3, 0.4) is 0 Å². The highest BCUT2D eigenvalue weighted by Crippen LogP contribution is 2.26. The zero-order valence-corrected chi connectivity index (χ0v) is 14.2. The molecule has 0 bridgehead atoms. The van der Waals surface area contributed by atoms with Crippen molar-refractivity contribution in [2.24, 2.45) is 5.92 Å². The lowest BCUT2D eigenvalue weighted by Gasteiger charge is -2.31. The lowest BCUT2D eigenvalue weighted by Crippen LogP contribution is -2.40. The summed E-state index contributed by atoms with van der Waals surface area (Å²) in [6.07, 6.45) is 6.79. The fourth-order valence-corrected chi connectivity index (χ4v) is 3.27. The molecule has 2 atom stereocenters. The first-order chi connectivity index (χ1) is 12.0. The molecule has 1 fully saturated rings. The molecular weight excluding hydrogens is 323 g/mol. The summed E-state index contributed by atoms with van der Waals surface area (Å²) in [6, 6.07) is 5.60. The molecule has 7 heteroatoms. The van der Waals surface area contributed by atoms with Crippen LogP contribution in [0.15, 0.2) is 36.7 Å². The number of amides is 2. The lowest BCUT2D eigenvalue weighted by molar-refractivity contribution is 0.0575. The van der Waals surface area contributed by atoms with Gasteiger partial charge in [0.2, 0.25) is 0 Å². The van der Waals surface area contributed by atoms with Crippen LogP contribution in [0.5, 0.6) is 0 Å². The second-order valence-corrected chi connectivity index (χ2v) is 6.53. The number of halogens is 1. The summed E-state index contributed by atoms with van der Waals surface area (Å²) < 4.78 is 15.2. The normalized spacial score (nSPS) is 20.3. The third-order valence-electron chi connectivity index (χ3n) is 4.68. The Morgan fingerprint density at radius 2 is 2.24 bits per heavy atom. The average Bonchev–Trinajstić information content (AvgIpc) is 3.11. The SMILES string of the molecule is CN(CC1CCCCC1O)C(=O)Nc1cc(F)ccc1-n1cccn1. The van der Waals surface area contributed by atoms with Gasteiger partial charge < -0.3 is 15.3 Å². The molecule has 2 N–H and O–H groups in total. The number of hydrogen-bond acceptors (Lipinski definition) is 3. The standard InChI is InChI=1S/C18H23FN4O2/c1-22(12-13-5-2-3-6-17(13)24)18(25)21-15-11-14(19)7-8-16(15)23-10-4-9-20-23/h4,7-11,13,17,24H,2-3,5-6,12H2,1H3,(H,21,25). The molecule has 1 aliphatic rings. The number of carbonyl (C=O) groups is 1. The molecule has 2 unspecified atom stereocenters. The molecule has 2 aromatic rings. The van der Waals surface area contributed by atoms with Crippen molar-refractivity contribution < 1.29 is 14.3 Å². The summed E-state index contributed by atoms with van der Waals surface area (Å²) in [5.41, 5.74) is 0.940. The van der Waals surface area contributed by atoms with E-state index in [2.05, 4.69) is 10.4 Å². The molecular formula is C18H23FN4O2. The van der Waals surface area contributed by atoms with E-state index >= 15 is 0 Å². The van der Waals surface area contributed by atoms with Crippen molar-refractivity contribution >= 4 is 11.7 Å². The highest BCUT2D eigenvalue weighted by molar-refractivity contribution is 5.91. The Kier molecular flexibility index (Phi) is 5.33. The number of hydrogen-bond donors (Lipinski definition) is 2. The predicted octanol–water partition coefficient (Wildman–Crippen LogP) is 3.03. The van der Waals surface area contributed by atoms with Crippen molar-refractivity contribution in [1.29, 1.82) is 0 Å². The van der Waals surface area contributed by atoms with Crippen LogP contribution in [-0.4, -0.2) is 45.5 Å². The lowest BCUT2D eigenvalue weighted by atomic mass is 9.86. The molecule has 134 valence electrons. The molecule has 0 spiro atoms. The van der Waals surface area contributed by atoms with Crippen molar-refractivity contribution in [3.8, 4) is 5.69 Å².